The van der Waals surface area contributed by atoms with Crippen LogP contribution < -0.4 is 10.6 Å². The highest BCUT2D eigenvalue weighted by Gasteiger charge is 2.30. The number of hydrogen-bond acceptors (Lipinski definition) is 3. The van der Waals surface area contributed by atoms with Crippen LogP contribution in [0.5, 0.6) is 0 Å². The molecule has 2 rings (SSSR count). The largest absolute Gasteiger partial charge is 0.416 e. The molecule has 0 radical (unpaired) electrons. The molecule has 1 aliphatic rings. The van der Waals surface area contributed by atoms with Crippen LogP contribution in [0.4, 0.5) is 13.2 Å². The number of hydrogen-bond donors (Lipinski definition) is 2. The van der Waals surface area contributed by atoms with Gasteiger partial charge >= 0.3 is 6.18 Å². The summed E-state index contributed by atoms with van der Waals surface area (Å²) in [7, 11) is -3.14. The molecule has 0 amide bonds. The predicted octanol–water partition coefficient (Wildman–Crippen LogP) is 2.41. The van der Waals surface area contributed by atoms with Gasteiger partial charge in [0.25, 0.3) is 0 Å². The predicted molar refractivity (Wildman–Crippen MR) is 110 cm³/mol. The molecule has 1 aromatic carbocycles. The first-order chi connectivity index (χ1) is 12.2. The number of aliphatic imine (C=N–C) groups is 1. The maximum absolute atomic E-state index is 12.8. The summed E-state index contributed by atoms with van der Waals surface area (Å²) in [4.78, 5) is 4.27. The first-order valence-corrected chi connectivity index (χ1v) is 9.99. The zero-order valence-corrected chi connectivity index (χ0v) is 18.1. The van der Waals surface area contributed by atoms with Crippen LogP contribution in [0, 0.1) is 0 Å². The molecule has 154 valence electrons. The van der Waals surface area contributed by atoms with Crippen molar-refractivity contribution in [2.75, 3.05) is 31.9 Å². The van der Waals surface area contributed by atoms with E-state index in [-0.39, 0.29) is 36.3 Å². The summed E-state index contributed by atoms with van der Waals surface area (Å²) in [5.41, 5.74) is -0.262. The van der Waals surface area contributed by atoms with Crippen molar-refractivity contribution in [3.63, 3.8) is 0 Å². The van der Waals surface area contributed by atoms with E-state index in [1.807, 2.05) is 6.92 Å². The lowest BCUT2D eigenvalue weighted by Gasteiger charge is -2.16. The van der Waals surface area contributed by atoms with Crippen molar-refractivity contribution in [3.8, 4) is 0 Å². The Bertz CT molecular complexity index is 741. The Morgan fingerprint density at radius 1 is 1.30 bits per heavy atom. The third kappa shape index (κ3) is 7.45. The highest BCUT2D eigenvalue weighted by Crippen LogP contribution is 2.29. The molecule has 0 atom stereocenters. The number of benzene rings is 1. The van der Waals surface area contributed by atoms with Crippen molar-refractivity contribution < 1.29 is 21.6 Å². The highest BCUT2D eigenvalue weighted by molar-refractivity contribution is 14.0. The van der Waals surface area contributed by atoms with E-state index in [2.05, 4.69) is 15.6 Å². The molecule has 1 fully saturated rings. The molecule has 0 unspecified atom stereocenters. The van der Waals surface area contributed by atoms with Crippen LogP contribution in [-0.2, 0) is 22.7 Å². The summed E-state index contributed by atoms with van der Waals surface area (Å²) in [5.74, 6) is 0.609. The van der Waals surface area contributed by atoms with Gasteiger partial charge in [0.15, 0.2) is 5.96 Å². The van der Waals surface area contributed by atoms with Gasteiger partial charge in [-0.1, -0.05) is 12.1 Å². The highest BCUT2D eigenvalue weighted by atomic mass is 127. The Morgan fingerprint density at radius 3 is 2.63 bits per heavy atom. The average molecular weight is 520 g/mol. The number of nitrogens with zero attached hydrogens (tertiary/aromatic N) is 2. The lowest BCUT2D eigenvalue weighted by molar-refractivity contribution is -0.137. The molecular formula is C16H24F3IN4O2S. The van der Waals surface area contributed by atoms with Crippen molar-refractivity contribution in [2.24, 2.45) is 4.99 Å². The van der Waals surface area contributed by atoms with Gasteiger partial charge in [-0.2, -0.15) is 13.2 Å². The monoisotopic (exact) mass is 520 g/mol. The van der Waals surface area contributed by atoms with Gasteiger partial charge < -0.3 is 10.6 Å². The minimum atomic E-state index is -4.39. The van der Waals surface area contributed by atoms with Crippen LogP contribution in [0.15, 0.2) is 29.3 Å². The normalized spacial score (nSPS) is 17.4. The Kier molecular flexibility index (Phi) is 9.28. The lowest BCUT2D eigenvalue weighted by atomic mass is 10.1. The van der Waals surface area contributed by atoms with Crippen molar-refractivity contribution >= 4 is 40.0 Å². The SMILES string of the molecule is CCNC(=NCc1cccc(C(F)(F)F)c1)NCCN1CCCS1(=O)=O.I. The van der Waals surface area contributed by atoms with E-state index >= 15 is 0 Å². The standard InChI is InChI=1S/C16H23F3N4O2S.HI/c1-2-20-15(21-7-9-23-8-4-10-26(23,24)25)22-12-13-5-3-6-14(11-13)16(17,18)19;/h3,5-6,11H,2,4,7-10,12H2,1H3,(H2,20,21,22);1H. The minimum absolute atomic E-state index is 0. The molecule has 27 heavy (non-hydrogen) atoms. The van der Waals surface area contributed by atoms with Crippen LogP contribution in [0.25, 0.3) is 0 Å². The van der Waals surface area contributed by atoms with Gasteiger partial charge in [0.1, 0.15) is 0 Å². The Labute approximate surface area is 174 Å². The fourth-order valence-corrected chi connectivity index (χ4v) is 4.13. The quantitative estimate of drug-likeness (QED) is 0.344. The minimum Gasteiger partial charge on any atom is -0.357 e. The Balaban J connectivity index is 0.00000364. The molecule has 0 aliphatic carbocycles. The molecule has 0 bridgehead atoms. The molecule has 0 saturated carbocycles. The summed E-state index contributed by atoms with van der Waals surface area (Å²) in [6, 6.07) is 5.03. The van der Waals surface area contributed by atoms with E-state index in [0.717, 1.165) is 12.1 Å². The van der Waals surface area contributed by atoms with Gasteiger partial charge in [0.2, 0.25) is 10.0 Å². The molecule has 6 nitrogen and oxygen atoms in total. The van der Waals surface area contributed by atoms with Crippen LogP contribution in [0.1, 0.15) is 24.5 Å². The summed E-state index contributed by atoms with van der Waals surface area (Å²) in [6.07, 6.45) is -3.75. The maximum Gasteiger partial charge on any atom is 0.416 e. The van der Waals surface area contributed by atoms with Crippen LogP contribution in [0.3, 0.4) is 0 Å². The fourth-order valence-electron chi connectivity index (χ4n) is 2.60. The summed E-state index contributed by atoms with van der Waals surface area (Å²) >= 11 is 0. The third-order valence-corrected chi connectivity index (χ3v) is 5.83. The molecule has 11 heteroatoms. The van der Waals surface area contributed by atoms with Crippen molar-refractivity contribution in [1.29, 1.82) is 0 Å². The van der Waals surface area contributed by atoms with E-state index in [4.69, 9.17) is 0 Å². The van der Waals surface area contributed by atoms with E-state index in [9.17, 15) is 21.6 Å². The lowest BCUT2D eigenvalue weighted by Crippen LogP contribution is -2.42. The second-order valence-corrected chi connectivity index (χ2v) is 7.98. The van der Waals surface area contributed by atoms with Crippen molar-refractivity contribution in [2.45, 2.75) is 26.1 Å². The summed E-state index contributed by atoms with van der Waals surface area (Å²) in [6.45, 7) is 3.75. The average Bonchev–Trinajstić information content (AvgIpc) is 2.91. The molecule has 1 aliphatic heterocycles. The molecule has 2 N–H and O–H groups in total. The van der Waals surface area contributed by atoms with Crippen LogP contribution >= 0.6 is 24.0 Å². The summed E-state index contributed by atoms with van der Waals surface area (Å²) < 4.78 is 63.2. The number of guanidine groups is 1. The van der Waals surface area contributed by atoms with E-state index < -0.39 is 21.8 Å². The first-order valence-electron chi connectivity index (χ1n) is 8.38. The topological polar surface area (TPSA) is 73.8 Å². The molecule has 1 saturated heterocycles. The van der Waals surface area contributed by atoms with E-state index in [1.54, 1.807) is 6.07 Å². The van der Waals surface area contributed by atoms with Gasteiger partial charge in [0.05, 0.1) is 17.9 Å². The second-order valence-electron chi connectivity index (χ2n) is 5.89. The molecular weight excluding hydrogens is 496 g/mol. The number of sulfonamides is 1. The number of alkyl halides is 3. The Hall–Kier alpha value is -1.08. The zero-order valence-electron chi connectivity index (χ0n) is 14.9. The molecule has 0 spiro atoms. The van der Waals surface area contributed by atoms with Crippen molar-refractivity contribution in [3.05, 3.63) is 35.4 Å². The van der Waals surface area contributed by atoms with Crippen LogP contribution in [-0.4, -0.2) is 50.6 Å². The summed E-state index contributed by atoms with van der Waals surface area (Å²) in [5, 5.41) is 6.00. The van der Waals surface area contributed by atoms with Gasteiger partial charge in [0, 0.05) is 26.2 Å². The zero-order chi connectivity index (χ0) is 19.2. The fraction of sp³-hybridized carbons (Fsp3) is 0.562. The number of halogens is 4. The Morgan fingerprint density at radius 2 is 2.04 bits per heavy atom. The molecule has 1 aromatic rings. The maximum atomic E-state index is 12.8. The number of rotatable bonds is 6. The van der Waals surface area contributed by atoms with Gasteiger partial charge in [-0.05, 0) is 31.0 Å². The van der Waals surface area contributed by atoms with E-state index in [1.165, 1.54) is 10.4 Å². The van der Waals surface area contributed by atoms with Crippen LogP contribution in [0.2, 0.25) is 0 Å². The van der Waals surface area contributed by atoms with Gasteiger partial charge in [-0.3, -0.25) is 0 Å². The number of nitrogens with one attached hydrogen (secondary N) is 2. The smallest absolute Gasteiger partial charge is 0.357 e. The first kappa shape index (κ1) is 24.0. The van der Waals surface area contributed by atoms with Gasteiger partial charge in [-0.25, -0.2) is 17.7 Å². The van der Waals surface area contributed by atoms with Gasteiger partial charge in [-0.15, -0.1) is 24.0 Å². The molecule has 0 aromatic heterocycles. The van der Waals surface area contributed by atoms with Crippen molar-refractivity contribution in [1.82, 2.24) is 14.9 Å². The molecule has 1 heterocycles. The third-order valence-electron chi connectivity index (χ3n) is 3.88. The second kappa shape index (κ2) is 10.5. The van der Waals surface area contributed by atoms with E-state index in [0.29, 0.717) is 44.1 Å².